The Morgan fingerprint density at radius 2 is 1.85 bits per heavy atom. The normalized spacial score (nSPS) is 20.8. The van der Waals surface area contributed by atoms with Crippen molar-refractivity contribution in [1.82, 2.24) is 19.8 Å². The van der Waals surface area contributed by atoms with E-state index in [1.165, 1.54) is 19.2 Å². The highest BCUT2D eigenvalue weighted by atomic mass is 19.4. The molecule has 2 fully saturated rings. The monoisotopic (exact) mass is 659 g/mol. The molecule has 0 bridgehead atoms. The van der Waals surface area contributed by atoms with Crippen LogP contribution < -0.4 is 19.3 Å². The van der Waals surface area contributed by atoms with Crippen LogP contribution in [0.5, 0.6) is 11.8 Å². The Balaban J connectivity index is 1.50. The molecule has 4 heterocycles. The Labute approximate surface area is 274 Å². The molecule has 256 valence electrons. The third-order valence-corrected chi connectivity index (χ3v) is 8.91. The van der Waals surface area contributed by atoms with E-state index < -0.39 is 29.5 Å². The van der Waals surface area contributed by atoms with Crippen molar-refractivity contribution in [3.63, 3.8) is 0 Å². The third kappa shape index (κ3) is 7.94. The van der Waals surface area contributed by atoms with Crippen molar-refractivity contribution in [2.75, 3.05) is 63.3 Å². The highest BCUT2D eigenvalue weighted by Crippen LogP contribution is 2.44. The number of benzene rings is 1. The van der Waals surface area contributed by atoms with Crippen molar-refractivity contribution in [3.8, 4) is 17.8 Å². The van der Waals surface area contributed by atoms with Gasteiger partial charge in [0, 0.05) is 37.8 Å². The van der Waals surface area contributed by atoms with Gasteiger partial charge in [-0.2, -0.15) is 28.4 Å². The lowest BCUT2D eigenvalue weighted by atomic mass is 10.1. The quantitative estimate of drug-likeness (QED) is 0.390. The molecule has 47 heavy (non-hydrogen) atoms. The number of rotatable bonds is 7. The molecule has 0 aliphatic carbocycles. The lowest BCUT2D eigenvalue weighted by Crippen LogP contribution is -2.56. The Morgan fingerprint density at radius 3 is 2.51 bits per heavy atom. The van der Waals surface area contributed by atoms with E-state index in [-0.39, 0.29) is 36.5 Å². The lowest BCUT2D eigenvalue weighted by molar-refractivity contribution is -0.138. The van der Waals surface area contributed by atoms with Crippen LogP contribution in [-0.2, 0) is 23.9 Å². The van der Waals surface area contributed by atoms with Crippen LogP contribution >= 0.6 is 0 Å². The summed E-state index contributed by atoms with van der Waals surface area (Å²) in [6, 6.07) is 6.47. The Bertz CT molecular complexity index is 1480. The fourth-order valence-electron chi connectivity index (χ4n) is 6.61. The van der Waals surface area contributed by atoms with Gasteiger partial charge in [-0.05, 0) is 72.2 Å². The number of anilines is 2. The summed E-state index contributed by atoms with van der Waals surface area (Å²) >= 11 is 0. The van der Waals surface area contributed by atoms with Crippen molar-refractivity contribution < 1.29 is 32.2 Å². The summed E-state index contributed by atoms with van der Waals surface area (Å²) in [4.78, 5) is 30.3. The lowest BCUT2D eigenvalue weighted by Gasteiger charge is -2.42. The van der Waals surface area contributed by atoms with E-state index in [0.717, 1.165) is 24.9 Å². The van der Waals surface area contributed by atoms with Crippen LogP contribution in [0.3, 0.4) is 0 Å². The second-order valence-corrected chi connectivity index (χ2v) is 13.4. The molecule has 0 radical (unpaired) electrons. The molecule has 2 aromatic rings. The molecule has 1 unspecified atom stereocenters. The molecular formula is C33H44F3N7O4. The molecule has 14 heteroatoms. The number of alkyl halides is 3. The highest BCUT2D eigenvalue weighted by Gasteiger charge is 2.40. The molecule has 3 aliphatic heterocycles. The summed E-state index contributed by atoms with van der Waals surface area (Å²) in [5, 5.41) is 9.64. The first-order valence-electron chi connectivity index (χ1n) is 16.1. The average molecular weight is 660 g/mol. The Hall–Kier alpha value is -3.99. The number of amides is 1. The maximum absolute atomic E-state index is 14.4. The fourth-order valence-corrected chi connectivity index (χ4v) is 6.61. The average Bonchev–Trinajstić information content (AvgIpc) is 3.29. The van der Waals surface area contributed by atoms with Crippen molar-refractivity contribution in [2.24, 2.45) is 0 Å². The van der Waals surface area contributed by atoms with Gasteiger partial charge in [-0.25, -0.2) is 4.79 Å². The summed E-state index contributed by atoms with van der Waals surface area (Å²) < 4.78 is 60.0. The third-order valence-electron chi connectivity index (χ3n) is 8.91. The number of hydrogen-bond donors (Lipinski definition) is 0. The van der Waals surface area contributed by atoms with E-state index in [4.69, 9.17) is 24.2 Å². The van der Waals surface area contributed by atoms with Crippen molar-refractivity contribution in [2.45, 2.75) is 83.3 Å². The van der Waals surface area contributed by atoms with Gasteiger partial charge in [-0.3, -0.25) is 0 Å². The van der Waals surface area contributed by atoms with E-state index >= 15 is 0 Å². The second kappa shape index (κ2) is 14.0. The van der Waals surface area contributed by atoms with Gasteiger partial charge in [0.25, 0.3) is 0 Å². The smallest absolute Gasteiger partial charge is 0.421 e. The Morgan fingerprint density at radius 1 is 1.06 bits per heavy atom. The fraction of sp³-hybridized carbons (Fsp3) is 0.636. The number of fused-ring (bicyclic) bond motifs is 1. The van der Waals surface area contributed by atoms with Gasteiger partial charge >= 0.3 is 18.3 Å². The van der Waals surface area contributed by atoms with Crippen molar-refractivity contribution in [3.05, 3.63) is 35.0 Å². The molecule has 11 nitrogen and oxygen atoms in total. The second-order valence-electron chi connectivity index (χ2n) is 13.4. The number of methoxy groups -OCH3 is 1. The molecule has 1 amide bonds. The van der Waals surface area contributed by atoms with E-state index in [9.17, 15) is 23.2 Å². The number of aromatic nitrogens is 2. The maximum Gasteiger partial charge on any atom is 0.421 e. The largest absolute Gasteiger partial charge is 0.496 e. The summed E-state index contributed by atoms with van der Waals surface area (Å²) in [5.74, 6) is 0.388. The topological polar surface area (TPSA) is 107 Å². The van der Waals surface area contributed by atoms with Gasteiger partial charge in [0.05, 0.1) is 43.6 Å². The Kier molecular flexibility index (Phi) is 10.2. The van der Waals surface area contributed by atoms with Gasteiger partial charge in [-0.15, -0.1) is 0 Å². The zero-order chi connectivity index (χ0) is 33.9. The molecule has 2 saturated heterocycles. The van der Waals surface area contributed by atoms with E-state index in [2.05, 4.69) is 11.0 Å². The van der Waals surface area contributed by atoms with Crippen molar-refractivity contribution in [1.29, 1.82) is 5.26 Å². The van der Waals surface area contributed by atoms with Gasteiger partial charge < -0.3 is 33.8 Å². The molecular weight excluding hydrogens is 615 g/mol. The van der Waals surface area contributed by atoms with Crippen LogP contribution in [0.15, 0.2) is 18.2 Å². The standard InChI is InChI=1S/C33H44F3N7O4/c1-32(2,3)47-31(44)43-18-17-42(19-22(43)13-14-37)29-24-10-8-16-41(26-11-6-12-27(45-5)28(26)33(34,35)36)20-25(24)38-30(39-29)46-21-23-9-7-15-40(23)4/h6,11-12,22-23H,7-10,13,15-21H2,1-5H3/t22?,23-/m0/s1. The summed E-state index contributed by atoms with van der Waals surface area (Å²) in [5.41, 5.74) is -0.0609. The minimum atomic E-state index is -4.63. The van der Waals surface area contributed by atoms with Crippen LogP contribution in [0.4, 0.5) is 29.5 Å². The predicted molar refractivity (Wildman–Crippen MR) is 170 cm³/mol. The van der Waals surface area contributed by atoms with Crippen LogP contribution in [0.1, 0.15) is 63.3 Å². The molecule has 3 aliphatic rings. The number of halogens is 3. The summed E-state index contributed by atoms with van der Waals surface area (Å²) in [6.45, 7) is 8.30. The molecule has 1 aromatic heterocycles. The SMILES string of the molecule is COc1cccc(N2CCCc3c(nc(OC[C@@H]4CCCN4C)nc3N3CCN(C(=O)OC(C)(C)C)C(CC#N)C3)C2)c1C(F)(F)F. The van der Waals surface area contributed by atoms with Gasteiger partial charge in [-0.1, -0.05) is 6.07 Å². The van der Waals surface area contributed by atoms with Crippen LogP contribution in [0, 0.1) is 11.3 Å². The number of nitriles is 1. The number of nitrogens with zero attached hydrogens (tertiary/aromatic N) is 7. The molecule has 0 saturated carbocycles. The first-order valence-corrected chi connectivity index (χ1v) is 16.1. The molecule has 5 rings (SSSR count). The van der Waals surface area contributed by atoms with Gasteiger partial charge in [0.15, 0.2) is 0 Å². The predicted octanol–water partition coefficient (Wildman–Crippen LogP) is 5.27. The number of likely N-dealkylation sites (tertiary alicyclic amines) is 1. The van der Waals surface area contributed by atoms with E-state index in [1.54, 1.807) is 36.6 Å². The first-order chi connectivity index (χ1) is 22.3. The molecule has 0 spiro atoms. The van der Waals surface area contributed by atoms with E-state index in [0.29, 0.717) is 57.1 Å². The molecule has 2 atom stereocenters. The zero-order valence-electron chi connectivity index (χ0n) is 27.8. The zero-order valence-corrected chi connectivity index (χ0v) is 27.8. The summed E-state index contributed by atoms with van der Waals surface area (Å²) in [7, 11) is 3.28. The molecule has 1 aromatic carbocycles. The first kappa shape index (κ1) is 34.3. The number of likely N-dealkylation sites (N-methyl/N-ethyl adjacent to an activating group) is 1. The maximum atomic E-state index is 14.4. The van der Waals surface area contributed by atoms with Crippen LogP contribution in [-0.4, -0.2) is 97.0 Å². The summed E-state index contributed by atoms with van der Waals surface area (Å²) in [6.07, 6.45) is -1.85. The van der Waals surface area contributed by atoms with Gasteiger partial charge in [0.1, 0.15) is 29.3 Å². The number of carbonyl (C=O) groups excluding carboxylic acids is 1. The molecule has 0 N–H and O–H groups in total. The highest BCUT2D eigenvalue weighted by molar-refractivity contribution is 5.69. The van der Waals surface area contributed by atoms with Gasteiger partial charge in [0.2, 0.25) is 0 Å². The number of piperazine rings is 1. The number of hydrogen-bond acceptors (Lipinski definition) is 10. The minimum Gasteiger partial charge on any atom is -0.496 e. The van der Waals surface area contributed by atoms with Crippen LogP contribution in [0.25, 0.3) is 0 Å². The van der Waals surface area contributed by atoms with E-state index in [1.807, 2.05) is 11.9 Å². The minimum absolute atomic E-state index is 0.0278. The van der Waals surface area contributed by atoms with Crippen LogP contribution in [0.2, 0.25) is 0 Å². The van der Waals surface area contributed by atoms with Crippen molar-refractivity contribution >= 4 is 17.6 Å². The number of ether oxygens (including phenoxy) is 3. The number of carbonyl (C=O) groups is 1.